The molecule has 1 aliphatic rings. The van der Waals surface area contributed by atoms with E-state index in [1.54, 1.807) is 0 Å². The summed E-state index contributed by atoms with van der Waals surface area (Å²) < 4.78 is 28.7. The Balaban J connectivity index is 1.60. The lowest BCUT2D eigenvalue weighted by atomic mass is 10.2. The van der Waals surface area contributed by atoms with Crippen molar-refractivity contribution in [1.29, 1.82) is 0 Å². The minimum atomic E-state index is -3.76. The highest BCUT2D eigenvalue weighted by molar-refractivity contribution is 7.89. The summed E-state index contributed by atoms with van der Waals surface area (Å²) in [7, 11) is -3.76. The van der Waals surface area contributed by atoms with Gasteiger partial charge in [-0.25, -0.2) is 13.4 Å². The van der Waals surface area contributed by atoms with Gasteiger partial charge in [0.05, 0.1) is 15.2 Å². The lowest BCUT2D eigenvalue weighted by Crippen LogP contribution is -2.32. The van der Waals surface area contributed by atoms with Crippen LogP contribution in [0.1, 0.15) is 36.0 Å². The van der Waals surface area contributed by atoms with Crippen molar-refractivity contribution in [3.63, 3.8) is 0 Å². The Morgan fingerprint density at radius 1 is 1.07 bits per heavy atom. The SMILES string of the molecule is O=C(Nc1nc2ccccc2s1)c1ccc(Cl)c(S(=O)(=O)N2CCCCCC2)c1. The molecule has 1 amide bonds. The van der Waals surface area contributed by atoms with Gasteiger partial charge in [-0.1, -0.05) is 47.9 Å². The highest BCUT2D eigenvalue weighted by Gasteiger charge is 2.28. The van der Waals surface area contributed by atoms with Gasteiger partial charge in [0, 0.05) is 18.7 Å². The van der Waals surface area contributed by atoms with E-state index in [1.165, 1.54) is 33.8 Å². The number of thiazole rings is 1. The summed E-state index contributed by atoms with van der Waals surface area (Å²) in [4.78, 5) is 17.1. The fraction of sp³-hybridized carbons (Fsp3) is 0.300. The van der Waals surface area contributed by atoms with Crippen LogP contribution in [0.5, 0.6) is 0 Å². The summed E-state index contributed by atoms with van der Waals surface area (Å²) >= 11 is 7.57. The van der Waals surface area contributed by atoms with E-state index < -0.39 is 15.9 Å². The summed E-state index contributed by atoms with van der Waals surface area (Å²) in [6.45, 7) is 0.946. The van der Waals surface area contributed by atoms with E-state index in [0.29, 0.717) is 18.2 Å². The van der Waals surface area contributed by atoms with Crippen LogP contribution in [-0.2, 0) is 10.0 Å². The third-order valence-corrected chi connectivity index (χ3v) is 8.22. The molecule has 2 aromatic carbocycles. The number of anilines is 1. The first-order chi connectivity index (χ1) is 13.9. The summed E-state index contributed by atoms with van der Waals surface area (Å²) in [6.07, 6.45) is 3.69. The van der Waals surface area contributed by atoms with Crippen molar-refractivity contribution in [2.75, 3.05) is 18.4 Å². The molecule has 0 unspecified atom stereocenters. The van der Waals surface area contributed by atoms with Gasteiger partial charge in [0.2, 0.25) is 10.0 Å². The zero-order valence-corrected chi connectivity index (χ0v) is 18.0. The van der Waals surface area contributed by atoms with Gasteiger partial charge < -0.3 is 0 Å². The van der Waals surface area contributed by atoms with Gasteiger partial charge in [-0.2, -0.15) is 4.31 Å². The molecule has 9 heteroatoms. The quantitative estimate of drug-likeness (QED) is 0.622. The third-order valence-electron chi connectivity index (χ3n) is 4.89. The molecular weight excluding hydrogens is 430 g/mol. The molecule has 0 saturated carbocycles. The number of carbonyl (C=O) groups is 1. The van der Waals surface area contributed by atoms with Gasteiger partial charge in [-0.15, -0.1) is 0 Å². The second-order valence-electron chi connectivity index (χ2n) is 6.90. The smallest absolute Gasteiger partial charge is 0.257 e. The number of para-hydroxylation sites is 1. The number of hydrogen-bond acceptors (Lipinski definition) is 5. The number of benzene rings is 2. The van der Waals surface area contributed by atoms with Crippen LogP contribution in [0.25, 0.3) is 10.2 Å². The van der Waals surface area contributed by atoms with E-state index in [-0.39, 0.29) is 15.5 Å². The predicted octanol–water partition coefficient (Wildman–Crippen LogP) is 4.77. The van der Waals surface area contributed by atoms with E-state index in [1.807, 2.05) is 24.3 Å². The Labute approximate surface area is 178 Å². The van der Waals surface area contributed by atoms with Crippen LogP contribution < -0.4 is 5.32 Å². The molecule has 152 valence electrons. The van der Waals surface area contributed by atoms with Crippen molar-refractivity contribution >= 4 is 54.2 Å². The predicted molar refractivity (Wildman–Crippen MR) is 116 cm³/mol. The minimum absolute atomic E-state index is 0.0296. The Morgan fingerprint density at radius 2 is 1.79 bits per heavy atom. The zero-order valence-electron chi connectivity index (χ0n) is 15.6. The molecule has 1 saturated heterocycles. The van der Waals surface area contributed by atoms with Gasteiger partial charge in [-0.05, 0) is 43.2 Å². The maximum atomic E-state index is 13.1. The number of hydrogen-bond donors (Lipinski definition) is 1. The van der Waals surface area contributed by atoms with Crippen LogP contribution in [0.15, 0.2) is 47.4 Å². The standard InChI is InChI=1S/C20H20ClN3O3S2/c21-15-10-9-14(13-18(15)29(26,27)24-11-5-1-2-6-12-24)19(25)23-20-22-16-7-3-4-8-17(16)28-20/h3-4,7-10,13H,1-2,5-6,11-12H2,(H,22,23,25). The highest BCUT2D eigenvalue weighted by atomic mass is 35.5. The Morgan fingerprint density at radius 3 is 2.52 bits per heavy atom. The molecule has 1 aromatic heterocycles. The molecule has 29 heavy (non-hydrogen) atoms. The van der Waals surface area contributed by atoms with Crippen LogP contribution >= 0.6 is 22.9 Å². The first-order valence-electron chi connectivity index (χ1n) is 9.42. The number of sulfonamides is 1. The van der Waals surface area contributed by atoms with Gasteiger partial charge in [-0.3, -0.25) is 10.1 Å². The van der Waals surface area contributed by atoms with Crippen LogP contribution in [-0.4, -0.2) is 36.7 Å². The van der Waals surface area contributed by atoms with Crippen LogP contribution in [0.4, 0.5) is 5.13 Å². The van der Waals surface area contributed by atoms with E-state index in [0.717, 1.165) is 35.9 Å². The number of nitrogens with one attached hydrogen (secondary N) is 1. The average Bonchev–Trinajstić information content (AvgIpc) is 2.90. The van der Waals surface area contributed by atoms with Crippen LogP contribution in [0.2, 0.25) is 5.02 Å². The van der Waals surface area contributed by atoms with E-state index >= 15 is 0 Å². The monoisotopic (exact) mass is 449 g/mol. The van der Waals surface area contributed by atoms with E-state index in [9.17, 15) is 13.2 Å². The average molecular weight is 450 g/mol. The Bertz CT molecular complexity index is 1120. The van der Waals surface area contributed by atoms with Crippen molar-refractivity contribution in [1.82, 2.24) is 9.29 Å². The van der Waals surface area contributed by atoms with E-state index in [4.69, 9.17) is 11.6 Å². The molecule has 0 atom stereocenters. The molecule has 6 nitrogen and oxygen atoms in total. The van der Waals surface area contributed by atoms with Crippen molar-refractivity contribution < 1.29 is 13.2 Å². The minimum Gasteiger partial charge on any atom is -0.298 e. The fourth-order valence-electron chi connectivity index (χ4n) is 3.36. The second kappa shape index (κ2) is 8.39. The molecule has 0 spiro atoms. The second-order valence-corrected chi connectivity index (χ2v) is 10.2. The third kappa shape index (κ3) is 4.30. The summed E-state index contributed by atoms with van der Waals surface area (Å²) in [5, 5.41) is 3.33. The first kappa shape index (κ1) is 20.3. The van der Waals surface area contributed by atoms with Gasteiger partial charge >= 0.3 is 0 Å². The molecule has 1 N–H and O–H groups in total. The molecule has 4 rings (SSSR count). The molecule has 2 heterocycles. The number of halogens is 1. The summed E-state index contributed by atoms with van der Waals surface area (Å²) in [6, 6.07) is 11.9. The number of amides is 1. The Kier molecular flexibility index (Phi) is 5.87. The molecule has 0 bridgehead atoms. The Hall–Kier alpha value is -2.00. The zero-order chi connectivity index (χ0) is 20.4. The van der Waals surface area contributed by atoms with Crippen LogP contribution in [0.3, 0.4) is 0 Å². The number of fused-ring (bicyclic) bond motifs is 1. The topological polar surface area (TPSA) is 79.4 Å². The van der Waals surface area contributed by atoms with Gasteiger partial charge in [0.25, 0.3) is 5.91 Å². The van der Waals surface area contributed by atoms with E-state index in [2.05, 4.69) is 10.3 Å². The lowest BCUT2D eigenvalue weighted by molar-refractivity contribution is 0.102. The van der Waals surface area contributed by atoms with Crippen molar-refractivity contribution in [2.24, 2.45) is 0 Å². The molecule has 1 aliphatic heterocycles. The number of aromatic nitrogens is 1. The molecule has 0 aliphatic carbocycles. The number of carbonyl (C=O) groups excluding carboxylic acids is 1. The normalized spacial score (nSPS) is 15.9. The summed E-state index contributed by atoms with van der Waals surface area (Å²) in [5.74, 6) is -0.423. The molecule has 1 fully saturated rings. The first-order valence-corrected chi connectivity index (χ1v) is 12.1. The van der Waals surface area contributed by atoms with Gasteiger partial charge in [0.15, 0.2) is 5.13 Å². The lowest BCUT2D eigenvalue weighted by Gasteiger charge is -2.21. The molecule has 3 aromatic rings. The highest BCUT2D eigenvalue weighted by Crippen LogP contribution is 2.29. The van der Waals surface area contributed by atoms with Crippen molar-refractivity contribution in [3.8, 4) is 0 Å². The molecule has 0 radical (unpaired) electrons. The van der Waals surface area contributed by atoms with Crippen molar-refractivity contribution in [2.45, 2.75) is 30.6 Å². The number of nitrogens with zero attached hydrogens (tertiary/aromatic N) is 2. The maximum Gasteiger partial charge on any atom is 0.257 e. The number of rotatable bonds is 4. The fourth-order valence-corrected chi connectivity index (χ4v) is 6.24. The largest absolute Gasteiger partial charge is 0.298 e. The maximum absolute atomic E-state index is 13.1. The summed E-state index contributed by atoms with van der Waals surface area (Å²) in [5.41, 5.74) is 1.02. The van der Waals surface area contributed by atoms with Crippen molar-refractivity contribution in [3.05, 3.63) is 53.1 Å². The van der Waals surface area contributed by atoms with Gasteiger partial charge in [0.1, 0.15) is 4.90 Å². The van der Waals surface area contributed by atoms with Crippen LogP contribution in [0, 0.1) is 0 Å². The molecular formula is C20H20ClN3O3S2.